The smallest absolute Gasteiger partial charge is 0.348 e. The Morgan fingerprint density at radius 2 is 1.72 bits per heavy atom. The van der Waals surface area contributed by atoms with E-state index in [2.05, 4.69) is 4.98 Å². The first-order valence-electron chi connectivity index (χ1n) is 9.53. The molecule has 0 atom stereocenters. The molecule has 0 bridgehead atoms. The Morgan fingerprint density at radius 1 is 1.00 bits per heavy atom. The molecule has 1 aliphatic rings. The van der Waals surface area contributed by atoms with Crippen LogP contribution in [0.5, 0.6) is 0 Å². The second-order valence-corrected chi connectivity index (χ2v) is 7.43. The fraction of sp³-hybridized carbons (Fsp3) is 0.261. The van der Waals surface area contributed by atoms with Gasteiger partial charge in [0.1, 0.15) is 11.6 Å². The molecular weight excluding hydrogens is 436 g/mol. The summed E-state index contributed by atoms with van der Waals surface area (Å²) in [5.41, 5.74) is 0.0618. The minimum Gasteiger partial charge on any atom is -0.348 e. The minimum absolute atomic E-state index is 0.175. The van der Waals surface area contributed by atoms with Crippen molar-refractivity contribution in [2.24, 2.45) is 5.92 Å². The lowest BCUT2D eigenvalue weighted by Gasteiger charge is -2.27. The van der Waals surface area contributed by atoms with Crippen molar-refractivity contribution in [2.45, 2.75) is 19.4 Å². The molecule has 3 aromatic rings. The highest BCUT2D eigenvalue weighted by Crippen LogP contribution is 2.32. The lowest BCUT2D eigenvalue weighted by Crippen LogP contribution is -2.25. The Hall–Kier alpha value is -3.09. The molecule has 0 N–H and O–H groups in total. The van der Waals surface area contributed by atoms with Crippen LogP contribution in [0.15, 0.2) is 36.5 Å². The second kappa shape index (κ2) is 8.45. The van der Waals surface area contributed by atoms with Gasteiger partial charge in [-0.3, -0.25) is 4.98 Å². The van der Waals surface area contributed by atoms with Crippen LogP contribution in [0.2, 0.25) is 0 Å². The van der Waals surface area contributed by atoms with Gasteiger partial charge < -0.3 is 9.47 Å². The van der Waals surface area contributed by atoms with Crippen LogP contribution >= 0.6 is 0 Å². The monoisotopic (exact) mass is 451 g/mol. The maximum atomic E-state index is 14.7. The van der Waals surface area contributed by atoms with Gasteiger partial charge in [0.2, 0.25) is 0 Å². The summed E-state index contributed by atoms with van der Waals surface area (Å²) in [5, 5.41) is -0.831. The number of hydrogen-bond acceptors (Lipinski definition) is 3. The third-order valence-electron chi connectivity index (χ3n) is 4.83. The zero-order valence-corrected chi connectivity index (χ0v) is 16.6. The van der Waals surface area contributed by atoms with Crippen molar-refractivity contribution in [1.29, 1.82) is 0 Å². The molecule has 0 saturated carbocycles. The largest absolute Gasteiger partial charge is 0.458 e. The van der Waals surface area contributed by atoms with Gasteiger partial charge in [-0.1, -0.05) is 18.9 Å². The van der Waals surface area contributed by atoms with Crippen LogP contribution in [0.25, 0.3) is 22.0 Å². The maximum Gasteiger partial charge on any atom is 0.458 e. The Bertz CT molecular complexity index is 1220. The first-order chi connectivity index (χ1) is 15.1. The van der Waals surface area contributed by atoms with Gasteiger partial charge in [0.25, 0.3) is 0 Å². The highest BCUT2D eigenvalue weighted by molar-refractivity contribution is 5.89. The van der Waals surface area contributed by atoms with E-state index in [9.17, 15) is 26.3 Å². The predicted molar refractivity (Wildman–Crippen MR) is 104 cm³/mol. The third kappa shape index (κ3) is 4.56. The lowest BCUT2D eigenvalue weighted by atomic mass is 10.0. The molecule has 0 spiro atoms. The molecule has 32 heavy (non-hydrogen) atoms. The summed E-state index contributed by atoms with van der Waals surface area (Å²) in [6.45, 7) is 3.06. The average Bonchev–Trinajstić information content (AvgIpc) is 2.73. The van der Waals surface area contributed by atoms with E-state index in [1.165, 1.54) is 18.2 Å². The van der Waals surface area contributed by atoms with E-state index in [1.54, 1.807) is 12.1 Å². The Labute approximate surface area is 179 Å². The van der Waals surface area contributed by atoms with E-state index >= 15 is 0 Å². The number of ether oxygens (including phenoxy) is 2. The van der Waals surface area contributed by atoms with E-state index in [0.717, 1.165) is 18.1 Å². The number of benzene rings is 2. The van der Waals surface area contributed by atoms with Crippen LogP contribution in [0.3, 0.4) is 0 Å². The SMILES string of the molecule is CC1COC(c2ccc(-c3cc(F)c4c(F)c(C#CC(F)(F)F)c(F)cc4c3)nc2)OC1. The van der Waals surface area contributed by atoms with Crippen molar-refractivity contribution in [3.63, 3.8) is 0 Å². The van der Waals surface area contributed by atoms with E-state index < -0.39 is 40.9 Å². The number of alkyl halides is 3. The van der Waals surface area contributed by atoms with Crippen molar-refractivity contribution in [3.8, 4) is 23.1 Å². The summed E-state index contributed by atoms with van der Waals surface area (Å²) in [7, 11) is 0. The van der Waals surface area contributed by atoms with Crippen LogP contribution in [-0.2, 0) is 9.47 Å². The molecule has 166 valence electrons. The summed E-state index contributed by atoms with van der Waals surface area (Å²) in [6, 6.07) is 6.27. The first-order valence-corrected chi connectivity index (χ1v) is 9.53. The molecule has 1 aromatic heterocycles. The molecule has 0 radical (unpaired) electrons. The van der Waals surface area contributed by atoms with Gasteiger partial charge in [-0.2, -0.15) is 13.2 Å². The predicted octanol–water partition coefficient (Wildman–Crippen LogP) is 5.91. The van der Waals surface area contributed by atoms with Gasteiger partial charge in [-0.05, 0) is 29.7 Å². The van der Waals surface area contributed by atoms with Crippen molar-refractivity contribution < 1.29 is 35.8 Å². The number of fused-ring (bicyclic) bond motifs is 1. The summed E-state index contributed by atoms with van der Waals surface area (Å²) in [4.78, 5) is 4.25. The molecule has 0 aliphatic carbocycles. The molecule has 0 amide bonds. The number of hydrogen-bond donors (Lipinski definition) is 0. The molecule has 4 rings (SSSR count). The van der Waals surface area contributed by atoms with Crippen LogP contribution in [0, 0.1) is 35.2 Å². The number of pyridine rings is 1. The fourth-order valence-electron chi connectivity index (χ4n) is 3.32. The third-order valence-corrected chi connectivity index (χ3v) is 4.83. The van der Waals surface area contributed by atoms with Gasteiger partial charge in [0.05, 0.1) is 29.9 Å². The Kier molecular flexibility index (Phi) is 5.84. The highest BCUT2D eigenvalue weighted by atomic mass is 19.4. The molecule has 1 fully saturated rings. The summed E-state index contributed by atoms with van der Waals surface area (Å²) in [5.74, 6) is -1.43. The van der Waals surface area contributed by atoms with E-state index in [0.29, 0.717) is 24.5 Å². The van der Waals surface area contributed by atoms with E-state index in [-0.39, 0.29) is 16.9 Å². The van der Waals surface area contributed by atoms with Crippen LogP contribution < -0.4 is 0 Å². The average molecular weight is 451 g/mol. The van der Waals surface area contributed by atoms with Crippen LogP contribution in [0.1, 0.15) is 24.3 Å². The Balaban J connectivity index is 1.70. The van der Waals surface area contributed by atoms with Crippen molar-refractivity contribution in [2.75, 3.05) is 13.2 Å². The van der Waals surface area contributed by atoms with Crippen molar-refractivity contribution in [3.05, 3.63) is 65.1 Å². The molecule has 1 aliphatic heterocycles. The van der Waals surface area contributed by atoms with Crippen molar-refractivity contribution >= 4 is 10.8 Å². The molecular formula is C23H15F6NO2. The second-order valence-electron chi connectivity index (χ2n) is 7.43. The van der Waals surface area contributed by atoms with E-state index in [4.69, 9.17) is 9.47 Å². The van der Waals surface area contributed by atoms with Crippen molar-refractivity contribution in [1.82, 2.24) is 4.98 Å². The molecule has 9 heteroatoms. The maximum absolute atomic E-state index is 14.7. The van der Waals surface area contributed by atoms with Gasteiger partial charge in [0.15, 0.2) is 12.1 Å². The van der Waals surface area contributed by atoms with E-state index in [1.807, 2.05) is 6.92 Å². The van der Waals surface area contributed by atoms with Gasteiger partial charge in [-0.25, -0.2) is 13.2 Å². The molecule has 0 unspecified atom stereocenters. The summed E-state index contributed by atoms with van der Waals surface area (Å²) in [6.07, 6.45) is -4.02. The molecule has 2 heterocycles. The normalized spacial score (nSPS) is 19.0. The number of nitrogens with zero attached hydrogens (tertiary/aromatic N) is 1. The topological polar surface area (TPSA) is 31.4 Å². The molecule has 2 aromatic carbocycles. The Morgan fingerprint density at radius 3 is 2.34 bits per heavy atom. The quantitative estimate of drug-likeness (QED) is 0.358. The summed E-state index contributed by atoms with van der Waals surface area (Å²) < 4.78 is 91.6. The number of aromatic nitrogens is 1. The standard InChI is InChI=1S/C23H15F6NO2/c1-12-10-31-22(32-11-12)13-2-3-19(30-9-13)14-6-15-8-17(24)16(4-5-23(27,28)29)21(26)20(15)18(25)7-14/h2-3,6-9,12,22H,10-11H2,1H3. The molecule has 3 nitrogen and oxygen atoms in total. The lowest BCUT2D eigenvalue weighted by molar-refractivity contribution is -0.202. The van der Waals surface area contributed by atoms with Crippen LogP contribution in [0.4, 0.5) is 26.3 Å². The zero-order valence-electron chi connectivity index (χ0n) is 16.6. The fourth-order valence-corrected chi connectivity index (χ4v) is 3.32. The zero-order chi connectivity index (χ0) is 23.0. The first kappa shape index (κ1) is 22.1. The number of halogens is 6. The minimum atomic E-state index is -4.94. The van der Waals surface area contributed by atoms with Gasteiger partial charge >= 0.3 is 6.18 Å². The van der Waals surface area contributed by atoms with Gasteiger partial charge in [-0.15, -0.1) is 0 Å². The van der Waals surface area contributed by atoms with Crippen LogP contribution in [-0.4, -0.2) is 24.4 Å². The highest BCUT2D eigenvalue weighted by Gasteiger charge is 2.25. The van der Waals surface area contributed by atoms with Gasteiger partial charge in [0, 0.05) is 29.2 Å². The number of rotatable bonds is 2. The summed E-state index contributed by atoms with van der Waals surface area (Å²) >= 11 is 0. The molecule has 1 saturated heterocycles.